The van der Waals surface area contributed by atoms with Crippen LogP contribution < -0.4 is 16.4 Å². The molecule has 0 radical (unpaired) electrons. The molecule has 0 unspecified atom stereocenters. The standard InChI is InChI=1S/C15H18BrN7/c16-12-10-8-9(4-5-11(10)21-22-12)23-14(18)19-13(17)20-15(23)6-2-1-3-7-15/h4-5,8H,1-3,6-7H2,(H,21,22)(H4,17,18,19,20). The lowest BCUT2D eigenvalue weighted by molar-refractivity contribution is 0.305. The summed E-state index contributed by atoms with van der Waals surface area (Å²) in [6.45, 7) is 0. The van der Waals surface area contributed by atoms with Gasteiger partial charge in [-0.3, -0.25) is 10.00 Å². The molecule has 23 heavy (non-hydrogen) atoms. The van der Waals surface area contributed by atoms with Crippen LogP contribution in [0.2, 0.25) is 0 Å². The number of guanidine groups is 2. The van der Waals surface area contributed by atoms with E-state index in [0.29, 0.717) is 5.96 Å². The largest absolute Gasteiger partial charge is 0.369 e. The molecule has 1 aromatic carbocycles. The zero-order valence-corrected chi connectivity index (χ0v) is 14.2. The van der Waals surface area contributed by atoms with Crippen molar-refractivity contribution in [3.05, 3.63) is 22.8 Å². The van der Waals surface area contributed by atoms with Gasteiger partial charge in [-0.15, -0.1) is 0 Å². The Morgan fingerprint density at radius 1 is 1.17 bits per heavy atom. The summed E-state index contributed by atoms with van der Waals surface area (Å²) in [5, 5.41) is 8.18. The van der Waals surface area contributed by atoms with E-state index in [1.54, 1.807) is 0 Å². The van der Waals surface area contributed by atoms with Gasteiger partial charge in [-0.25, -0.2) is 4.99 Å². The molecule has 2 aliphatic rings. The molecule has 2 aromatic rings. The van der Waals surface area contributed by atoms with Crippen LogP contribution in [-0.4, -0.2) is 27.8 Å². The zero-order chi connectivity index (χ0) is 16.0. The monoisotopic (exact) mass is 375 g/mol. The fraction of sp³-hybridized carbons (Fsp3) is 0.400. The summed E-state index contributed by atoms with van der Waals surface area (Å²) in [6.07, 6.45) is 5.29. The first-order chi connectivity index (χ1) is 11.1. The zero-order valence-electron chi connectivity index (χ0n) is 12.6. The minimum absolute atomic E-state index is 0.270. The predicted molar refractivity (Wildman–Crippen MR) is 95.3 cm³/mol. The highest BCUT2D eigenvalue weighted by Gasteiger charge is 2.42. The Morgan fingerprint density at radius 2 is 1.96 bits per heavy atom. The van der Waals surface area contributed by atoms with Crippen LogP contribution >= 0.6 is 15.9 Å². The van der Waals surface area contributed by atoms with E-state index in [2.05, 4.69) is 42.2 Å². The molecule has 1 fully saturated rings. The van der Waals surface area contributed by atoms with Gasteiger partial charge < -0.3 is 11.5 Å². The Bertz CT molecular complexity index is 816. The molecule has 2 heterocycles. The summed E-state index contributed by atoms with van der Waals surface area (Å²) in [5.74, 6) is 0.671. The van der Waals surface area contributed by atoms with E-state index in [4.69, 9.17) is 11.5 Å². The van der Waals surface area contributed by atoms with Crippen molar-refractivity contribution in [1.29, 1.82) is 0 Å². The molecule has 0 bridgehead atoms. The highest BCUT2D eigenvalue weighted by molar-refractivity contribution is 9.10. The first kappa shape index (κ1) is 14.5. The molecule has 8 heteroatoms. The Hall–Kier alpha value is -2.09. The number of anilines is 1. The van der Waals surface area contributed by atoms with Gasteiger partial charge >= 0.3 is 0 Å². The van der Waals surface area contributed by atoms with Crippen LogP contribution in [0, 0.1) is 0 Å². The topological polar surface area (TPSA) is 109 Å². The smallest absolute Gasteiger partial charge is 0.220 e. The number of benzene rings is 1. The highest BCUT2D eigenvalue weighted by Crippen LogP contribution is 2.40. The number of fused-ring (bicyclic) bond motifs is 1. The molecule has 0 saturated heterocycles. The van der Waals surface area contributed by atoms with E-state index in [0.717, 1.165) is 46.9 Å². The SMILES string of the molecule is NC1=NC2(CCCCC2)N(c2ccc3n[nH]c(Br)c3c2)C(N)=N1. The van der Waals surface area contributed by atoms with Gasteiger partial charge in [-0.05, 0) is 59.8 Å². The second kappa shape index (κ2) is 5.23. The fourth-order valence-electron chi connectivity index (χ4n) is 3.60. The van der Waals surface area contributed by atoms with Crippen molar-refractivity contribution in [3.8, 4) is 0 Å². The molecule has 0 amide bonds. The minimum Gasteiger partial charge on any atom is -0.369 e. The molecule has 120 valence electrons. The lowest BCUT2D eigenvalue weighted by Gasteiger charge is -2.45. The number of halogens is 1. The van der Waals surface area contributed by atoms with Crippen LogP contribution in [0.25, 0.3) is 10.9 Å². The summed E-state index contributed by atoms with van der Waals surface area (Å²) in [7, 11) is 0. The van der Waals surface area contributed by atoms with Crippen LogP contribution in [0.4, 0.5) is 5.69 Å². The summed E-state index contributed by atoms with van der Waals surface area (Å²) < 4.78 is 0.850. The number of rotatable bonds is 1. The number of nitrogens with one attached hydrogen (secondary N) is 1. The Balaban J connectivity index is 1.85. The molecule has 5 N–H and O–H groups in total. The van der Waals surface area contributed by atoms with Crippen LogP contribution in [0.15, 0.2) is 32.8 Å². The van der Waals surface area contributed by atoms with E-state index in [1.165, 1.54) is 6.42 Å². The molecular formula is C15H18BrN7. The molecule has 0 atom stereocenters. The molecule has 1 saturated carbocycles. The van der Waals surface area contributed by atoms with Gasteiger partial charge in [0.25, 0.3) is 0 Å². The van der Waals surface area contributed by atoms with E-state index < -0.39 is 5.66 Å². The average Bonchev–Trinajstić information content (AvgIpc) is 2.88. The van der Waals surface area contributed by atoms with E-state index in [-0.39, 0.29) is 5.96 Å². The normalized spacial score (nSPS) is 20.7. The number of nitrogens with zero attached hydrogens (tertiary/aromatic N) is 4. The van der Waals surface area contributed by atoms with Gasteiger partial charge in [-0.2, -0.15) is 10.1 Å². The molecule has 4 rings (SSSR count). The van der Waals surface area contributed by atoms with Crippen molar-refractivity contribution in [3.63, 3.8) is 0 Å². The van der Waals surface area contributed by atoms with Crippen molar-refractivity contribution in [2.24, 2.45) is 21.5 Å². The van der Waals surface area contributed by atoms with Gasteiger partial charge in [0.15, 0.2) is 0 Å². The van der Waals surface area contributed by atoms with E-state index >= 15 is 0 Å². The van der Waals surface area contributed by atoms with Crippen molar-refractivity contribution >= 4 is 44.4 Å². The first-order valence-electron chi connectivity index (χ1n) is 7.72. The van der Waals surface area contributed by atoms with Crippen molar-refractivity contribution < 1.29 is 0 Å². The van der Waals surface area contributed by atoms with Crippen molar-refractivity contribution in [2.45, 2.75) is 37.8 Å². The summed E-state index contributed by atoms with van der Waals surface area (Å²) in [4.78, 5) is 10.9. The minimum atomic E-state index is -0.419. The third-order valence-electron chi connectivity index (χ3n) is 4.60. The third kappa shape index (κ3) is 2.28. The molecule has 1 aromatic heterocycles. The molecule has 1 aliphatic heterocycles. The summed E-state index contributed by atoms with van der Waals surface area (Å²) in [5.41, 5.74) is 13.6. The van der Waals surface area contributed by atoms with Gasteiger partial charge in [0.05, 0.1) is 5.52 Å². The van der Waals surface area contributed by atoms with Crippen LogP contribution in [0.1, 0.15) is 32.1 Å². The number of hydrogen-bond donors (Lipinski definition) is 3. The average molecular weight is 376 g/mol. The molecule has 1 spiro atoms. The lowest BCUT2D eigenvalue weighted by Crippen LogP contribution is -2.58. The van der Waals surface area contributed by atoms with Crippen LogP contribution in [0.5, 0.6) is 0 Å². The highest BCUT2D eigenvalue weighted by atomic mass is 79.9. The predicted octanol–water partition coefficient (Wildman–Crippen LogP) is 2.44. The fourth-order valence-corrected chi connectivity index (χ4v) is 4.01. The van der Waals surface area contributed by atoms with Crippen LogP contribution in [-0.2, 0) is 0 Å². The Kier molecular flexibility index (Phi) is 3.29. The van der Waals surface area contributed by atoms with E-state index in [1.807, 2.05) is 17.0 Å². The van der Waals surface area contributed by atoms with Gasteiger partial charge in [0.1, 0.15) is 10.3 Å². The number of nitrogens with two attached hydrogens (primary N) is 2. The van der Waals surface area contributed by atoms with Gasteiger partial charge in [0, 0.05) is 11.1 Å². The second-order valence-corrected chi connectivity index (χ2v) is 6.85. The first-order valence-corrected chi connectivity index (χ1v) is 8.52. The van der Waals surface area contributed by atoms with Crippen molar-refractivity contribution in [2.75, 3.05) is 4.90 Å². The van der Waals surface area contributed by atoms with Gasteiger partial charge in [0.2, 0.25) is 11.9 Å². The molecule has 7 nitrogen and oxygen atoms in total. The summed E-state index contributed by atoms with van der Waals surface area (Å²) >= 11 is 3.49. The maximum atomic E-state index is 6.24. The Morgan fingerprint density at radius 3 is 2.74 bits per heavy atom. The number of hydrogen-bond acceptors (Lipinski definition) is 6. The molecule has 1 aliphatic carbocycles. The number of aromatic nitrogens is 2. The number of aliphatic imine (C=N–C) groups is 2. The lowest BCUT2D eigenvalue weighted by atomic mass is 9.87. The number of aromatic amines is 1. The van der Waals surface area contributed by atoms with Crippen LogP contribution in [0.3, 0.4) is 0 Å². The maximum Gasteiger partial charge on any atom is 0.220 e. The molecular weight excluding hydrogens is 358 g/mol. The second-order valence-electron chi connectivity index (χ2n) is 6.06. The maximum absolute atomic E-state index is 6.24. The third-order valence-corrected chi connectivity index (χ3v) is 5.21. The van der Waals surface area contributed by atoms with Gasteiger partial charge in [-0.1, -0.05) is 6.42 Å². The quantitative estimate of drug-likeness (QED) is 0.710. The summed E-state index contributed by atoms with van der Waals surface area (Å²) in [6, 6.07) is 6.03. The van der Waals surface area contributed by atoms with E-state index in [9.17, 15) is 0 Å². The number of H-pyrrole nitrogens is 1. The Labute approximate surface area is 142 Å². The van der Waals surface area contributed by atoms with Crippen molar-refractivity contribution in [1.82, 2.24) is 10.2 Å².